The van der Waals surface area contributed by atoms with Crippen molar-refractivity contribution in [2.45, 2.75) is 25.7 Å². The van der Waals surface area contributed by atoms with Crippen molar-refractivity contribution in [3.63, 3.8) is 0 Å². The molecule has 1 unspecified atom stereocenters. The van der Waals surface area contributed by atoms with Crippen LogP contribution in [-0.2, 0) is 4.74 Å². The molecule has 0 bridgehead atoms. The lowest BCUT2D eigenvalue weighted by Crippen LogP contribution is -2.39. The van der Waals surface area contributed by atoms with E-state index in [1.54, 1.807) is 5.57 Å². The fourth-order valence-electron chi connectivity index (χ4n) is 4.17. The number of fused-ring (bicyclic) bond motifs is 5. The van der Waals surface area contributed by atoms with E-state index in [0.717, 1.165) is 18.1 Å². The Morgan fingerprint density at radius 1 is 1.05 bits per heavy atom. The first-order chi connectivity index (χ1) is 10.4. The average molecular weight is 278 g/mol. The van der Waals surface area contributed by atoms with Gasteiger partial charge in [-0.2, -0.15) is 0 Å². The third-order valence-corrected chi connectivity index (χ3v) is 5.14. The van der Waals surface area contributed by atoms with Crippen LogP contribution >= 0.6 is 0 Å². The predicted octanol–water partition coefficient (Wildman–Crippen LogP) is 2.51. The molecule has 4 aliphatic rings. The maximum atomic E-state index is 6.08. The number of rotatable bonds is 0. The summed E-state index contributed by atoms with van der Waals surface area (Å²) in [6.45, 7) is 1.55. The lowest BCUT2D eigenvalue weighted by Gasteiger charge is -2.30. The summed E-state index contributed by atoms with van der Waals surface area (Å²) in [5.41, 5.74) is 4.16. The standard InChI is InChI=1S/C19H18O2/c1-2-5-14-13(4-1)11-21-16-8-7-12-10-17-15(6-3-9-20-17)18(12)19(14)16/h3,6-8,10,13H,1-2,4-5,9,11H2. The number of hydrogen-bond acceptors (Lipinski definition) is 2. The molecule has 0 spiro atoms. The second-order valence-corrected chi connectivity index (χ2v) is 6.32. The van der Waals surface area contributed by atoms with E-state index in [9.17, 15) is 0 Å². The SMILES string of the molecule is C1=CC2=c3c(ccc4c3=C3CCCCC3CO4)C=C2OC1. The molecule has 106 valence electrons. The smallest absolute Gasteiger partial charge is 0.128 e. The van der Waals surface area contributed by atoms with E-state index in [2.05, 4.69) is 30.4 Å². The van der Waals surface area contributed by atoms with Gasteiger partial charge >= 0.3 is 0 Å². The third-order valence-electron chi connectivity index (χ3n) is 5.14. The summed E-state index contributed by atoms with van der Waals surface area (Å²) in [6.07, 6.45) is 11.7. The number of hydrogen-bond donors (Lipinski definition) is 0. The van der Waals surface area contributed by atoms with Crippen molar-refractivity contribution in [2.24, 2.45) is 5.92 Å². The Labute approximate surface area is 124 Å². The van der Waals surface area contributed by atoms with Gasteiger partial charge in [0.1, 0.15) is 18.1 Å². The quantitative estimate of drug-likeness (QED) is 0.726. The van der Waals surface area contributed by atoms with E-state index in [1.165, 1.54) is 47.3 Å². The first-order valence-electron chi connectivity index (χ1n) is 7.96. The Morgan fingerprint density at radius 2 is 2.05 bits per heavy atom. The van der Waals surface area contributed by atoms with Gasteiger partial charge in [0.15, 0.2) is 0 Å². The van der Waals surface area contributed by atoms with E-state index >= 15 is 0 Å². The molecule has 1 aromatic carbocycles. The molecule has 0 aromatic heterocycles. The Kier molecular flexibility index (Phi) is 2.37. The van der Waals surface area contributed by atoms with Crippen molar-refractivity contribution >= 4 is 17.2 Å². The zero-order chi connectivity index (χ0) is 13.8. The molecule has 2 aliphatic heterocycles. The molecule has 1 atom stereocenters. The van der Waals surface area contributed by atoms with Gasteiger partial charge in [-0.3, -0.25) is 0 Å². The minimum Gasteiger partial charge on any atom is -0.492 e. The second-order valence-electron chi connectivity index (χ2n) is 6.32. The van der Waals surface area contributed by atoms with Gasteiger partial charge in [0.05, 0.1) is 6.61 Å². The van der Waals surface area contributed by atoms with Gasteiger partial charge in [-0.1, -0.05) is 24.1 Å². The molecule has 0 N–H and O–H groups in total. The molecule has 5 rings (SSSR count). The number of benzene rings is 1. The lowest BCUT2D eigenvalue weighted by atomic mass is 9.81. The largest absolute Gasteiger partial charge is 0.492 e. The van der Waals surface area contributed by atoms with E-state index in [1.807, 2.05) is 0 Å². The average Bonchev–Trinajstić information content (AvgIpc) is 2.93. The molecule has 2 aliphatic carbocycles. The van der Waals surface area contributed by atoms with Crippen molar-refractivity contribution in [1.82, 2.24) is 0 Å². The van der Waals surface area contributed by atoms with Crippen LogP contribution in [0.25, 0.3) is 17.2 Å². The van der Waals surface area contributed by atoms with Crippen LogP contribution < -0.4 is 15.2 Å². The molecular weight excluding hydrogens is 260 g/mol. The number of ether oxygens (including phenoxy) is 2. The van der Waals surface area contributed by atoms with E-state index in [-0.39, 0.29) is 0 Å². The van der Waals surface area contributed by atoms with Crippen LogP contribution in [0.5, 0.6) is 5.75 Å². The van der Waals surface area contributed by atoms with Gasteiger partial charge in [0.2, 0.25) is 0 Å². The van der Waals surface area contributed by atoms with E-state index < -0.39 is 0 Å². The van der Waals surface area contributed by atoms with Crippen LogP contribution in [0, 0.1) is 5.92 Å². The summed E-state index contributed by atoms with van der Waals surface area (Å²) in [5, 5.41) is 2.72. The van der Waals surface area contributed by atoms with E-state index in [0.29, 0.717) is 12.5 Å². The summed E-state index contributed by atoms with van der Waals surface area (Å²) in [6, 6.07) is 4.32. The monoisotopic (exact) mass is 278 g/mol. The topological polar surface area (TPSA) is 18.5 Å². The fraction of sp³-hybridized carbons (Fsp3) is 0.368. The van der Waals surface area contributed by atoms with Gasteiger partial charge in [0, 0.05) is 21.9 Å². The third kappa shape index (κ3) is 1.59. The Morgan fingerprint density at radius 3 is 3.05 bits per heavy atom. The molecule has 1 fully saturated rings. The minimum absolute atomic E-state index is 0.621. The number of allylic oxidation sites excluding steroid dienone is 1. The highest BCUT2D eigenvalue weighted by Gasteiger charge is 2.28. The molecule has 2 nitrogen and oxygen atoms in total. The Hall–Kier alpha value is -1.96. The van der Waals surface area contributed by atoms with E-state index in [4.69, 9.17) is 9.47 Å². The zero-order valence-corrected chi connectivity index (χ0v) is 12.0. The van der Waals surface area contributed by atoms with Crippen LogP contribution in [0.15, 0.2) is 30.0 Å². The second kappa shape index (κ2) is 4.27. The normalized spacial score (nSPS) is 25.1. The lowest BCUT2D eigenvalue weighted by molar-refractivity contribution is 0.246. The van der Waals surface area contributed by atoms with Gasteiger partial charge in [-0.25, -0.2) is 0 Å². The van der Waals surface area contributed by atoms with Crippen molar-refractivity contribution < 1.29 is 9.47 Å². The minimum atomic E-state index is 0.621. The van der Waals surface area contributed by atoms with Gasteiger partial charge in [-0.05, 0) is 43.0 Å². The van der Waals surface area contributed by atoms with Crippen LogP contribution in [0.3, 0.4) is 0 Å². The van der Waals surface area contributed by atoms with Gasteiger partial charge in [-0.15, -0.1) is 0 Å². The maximum Gasteiger partial charge on any atom is 0.128 e. The first kappa shape index (κ1) is 11.7. The summed E-state index contributed by atoms with van der Waals surface area (Å²) in [4.78, 5) is 0. The Balaban J connectivity index is 1.92. The molecule has 21 heavy (non-hydrogen) atoms. The van der Waals surface area contributed by atoms with Crippen molar-refractivity contribution in [2.75, 3.05) is 13.2 Å². The molecule has 0 amide bonds. The van der Waals surface area contributed by atoms with Gasteiger partial charge in [0.25, 0.3) is 0 Å². The summed E-state index contributed by atoms with van der Waals surface area (Å²) in [5.74, 6) is 2.72. The molecular formula is C19H18O2. The van der Waals surface area contributed by atoms with Crippen molar-refractivity contribution in [3.8, 4) is 5.75 Å². The van der Waals surface area contributed by atoms with Crippen molar-refractivity contribution in [3.05, 3.63) is 46.0 Å². The summed E-state index contributed by atoms with van der Waals surface area (Å²) in [7, 11) is 0. The first-order valence-corrected chi connectivity index (χ1v) is 7.96. The van der Waals surface area contributed by atoms with Crippen molar-refractivity contribution in [1.29, 1.82) is 0 Å². The highest BCUT2D eigenvalue weighted by Crippen LogP contribution is 2.34. The molecule has 0 radical (unpaired) electrons. The molecule has 1 aromatic rings. The van der Waals surface area contributed by atoms with Crippen LogP contribution in [0.1, 0.15) is 31.2 Å². The van der Waals surface area contributed by atoms with Crippen LogP contribution in [0.4, 0.5) is 0 Å². The molecule has 2 heterocycles. The maximum absolute atomic E-state index is 6.08. The fourth-order valence-corrected chi connectivity index (χ4v) is 4.17. The summed E-state index contributed by atoms with van der Waals surface area (Å²) >= 11 is 0. The van der Waals surface area contributed by atoms with Crippen LogP contribution in [-0.4, -0.2) is 13.2 Å². The summed E-state index contributed by atoms with van der Waals surface area (Å²) < 4.78 is 11.9. The molecule has 2 heteroatoms. The van der Waals surface area contributed by atoms with Crippen LogP contribution in [0.2, 0.25) is 0 Å². The predicted molar refractivity (Wildman–Crippen MR) is 83.0 cm³/mol. The van der Waals surface area contributed by atoms with Gasteiger partial charge < -0.3 is 9.47 Å². The Bertz CT molecular complexity index is 811. The zero-order valence-electron chi connectivity index (χ0n) is 12.0. The molecule has 0 saturated heterocycles. The highest BCUT2D eigenvalue weighted by molar-refractivity contribution is 5.86. The molecule has 1 saturated carbocycles. The highest BCUT2D eigenvalue weighted by atomic mass is 16.5.